The molecule has 0 aliphatic carbocycles. The van der Waals surface area contributed by atoms with Crippen molar-refractivity contribution < 1.29 is 28.6 Å². The fourth-order valence-electron chi connectivity index (χ4n) is 9.61. The lowest BCUT2D eigenvalue weighted by molar-refractivity contribution is -0.167. The fraction of sp³-hybridized carbons (Fsp3) is 0.812. The third-order valence-electron chi connectivity index (χ3n) is 14.5. The molecule has 0 radical (unpaired) electrons. The second-order valence-electron chi connectivity index (χ2n) is 22.0. The quantitative estimate of drug-likeness (QED) is 0.0261. The molecule has 1 atom stereocenters. The summed E-state index contributed by atoms with van der Waals surface area (Å²) in [4.78, 5) is 37.9. The van der Waals surface area contributed by atoms with Gasteiger partial charge in [-0.05, 0) is 83.5 Å². The Hall–Kier alpha value is -2.89. The van der Waals surface area contributed by atoms with E-state index in [0.717, 1.165) is 89.9 Å². The average Bonchev–Trinajstić information content (AvgIpc) is 3.41. The molecule has 75 heavy (non-hydrogen) atoms. The summed E-state index contributed by atoms with van der Waals surface area (Å²) < 4.78 is 16.8. The highest BCUT2D eigenvalue weighted by Crippen LogP contribution is 2.18. The maximum absolute atomic E-state index is 12.8. The van der Waals surface area contributed by atoms with Crippen molar-refractivity contribution in [3.05, 3.63) is 60.8 Å². The number of allylic oxidation sites excluding steroid dienone is 10. The van der Waals surface area contributed by atoms with Gasteiger partial charge in [0.05, 0.1) is 0 Å². The Kier molecular flexibility index (Phi) is 61.2. The fourth-order valence-corrected chi connectivity index (χ4v) is 9.61. The van der Waals surface area contributed by atoms with Gasteiger partial charge >= 0.3 is 17.9 Å². The van der Waals surface area contributed by atoms with Crippen molar-refractivity contribution in [1.29, 1.82) is 0 Å². The van der Waals surface area contributed by atoms with Crippen molar-refractivity contribution in [1.82, 2.24) is 0 Å². The number of carbonyl (C=O) groups is 3. The normalized spacial score (nSPS) is 12.4. The second-order valence-corrected chi connectivity index (χ2v) is 22.0. The van der Waals surface area contributed by atoms with E-state index in [0.29, 0.717) is 19.3 Å². The number of esters is 3. The standard InChI is InChI=1S/C69H124O6/c1-4-7-10-13-15-17-19-21-23-25-26-27-28-29-30-31-32-33-34-35-36-37-38-39-40-41-42-44-45-47-49-51-53-56-59-62-68(71)74-65-66(64-73-67(70)61-58-55-12-9-6-3)75-69(72)63-60-57-54-52-50-48-46-43-24-22-20-18-16-14-11-8-5-2/h7,10,15,17,21-24,26-27,66H,4-6,8-9,11-14,16,18-20,25,28-65H2,1-3H3/b10-7-,17-15-,23-21-,24-22-,27-26-. The van der Waals surface area contributed by atoms with Crippen LogP contribution in [0.4, 0.5) is 0 Å². The van der Waals surface area contributed by atoms with Crippen LogP contribution in [-0.2, 0) is 28.6 Å². The molecule has 0 amide bonds. The first kappa shape index (κ1) is 72.1. The summed E-state index contributed by atoms with van der Waals surface area (Å²) >= 11 is 0. The predicted octanol–water partition coefficient (Wildman–Crippen LogP) is 22.3. The van der Waals surface area contributed by atoms with Crippen molar-refractivity contribution in [2.24, 2.45) is 0 Å². The Labute approximate surface area is 466 Å². The van der Waals surface area contributed by atoms with E-state index in [-0.39, 0.29) is 31.1 Å². The molecule has 0 aliphatic heterocycles. The van der Waals surface area contributed by atoms with Gasteiger partial charge in [-0.2, -0.15) is 0 Å². The lowest BCUT2D eigenvalue weighted by Gasteiger charge is -2.18. The van der Waals surface area contributed by atoms with E-state index < -0.39 is 6.10 Å². The molecule has 0 heterocycles. The molecule has 0 saturated heterocycles. The minimum absolute atomic E-state index is 0.0710. The van der Waals surface area contributed by atoms with E-state index in [2.05, 4.69) is 81.5 Å². The Morgan fingerprint density at radius 1 is 0.280 bits per heavy atom. The largest absolute Gasteiger partial charge is 0.462 e. The molecule has 0 aromatic rings. The van der Waals surface area contributed by atoms with Crippen LogP contribution in [0.2, 0.25) is 0 Å². The highest BCUT2D eigenvalue weighted by atomic mass is 16.6. The predicted molar refractivity (Wildman–Crippen MR) is 325 cm³/mol. The zero-order valence-electron chi connectivity index (χ0n) is 50.1. The summed E-state index contributed by atoms with van der Waals surface area (Å²) in [6.45, 7) is 6.48. The monoisotopic (exact) mass is 1050 g/mol. The number of hydrogen-bond donors (Lipinski definition) is 0. The van der Waals surface area contributed by atoms with Crippen molar-refractivity contribution >= 4 is 17.9 Å². The van der Waals surface area contributed by atoms with Crippen molar-refractivity contribution in [2.45, 2.75) is 348 Å². The molecule has 0 rings (SSSR count). The van der Waals surface area contributed by atoms with Gasteiger partial charge in [0, 0.05) is 19.3 Å². The van der Waals surface area contributed by atoms with Crippen LogP contribution in [0.15, 0.2) is 60.8 Å². The summed E-state index contributed by atoms with van der Waals surface area (Å²) in [5, 5.41) is 0. The minimum Gasteiger partial charge on any atom is -0.462 e. The zero-order valence-corrected chi connectivity index (χ0v) is 50.1. The summed E-state index contributed by atoms with van der Waals surface area (Å²) in [5.74, 6) is -0.872. The number of hydrogen-bond acceptors (Lipinski definition) is 6. The van der Waals surface area contributed by atoms with Gasteiger partial charge in [-0.25, -0.2) is 0 Å². The minimum atomic E-state index is -0.769. The van der Waals surface area contributed by atoms with Crippen LogP contribution in [0, 0.1) is 0 Å². The molecule has 0 spiro atoms. The number of carbonyl (C=O) groups excluding carboxylic acids is 3. The molecule has 0 aromatic heterocycles. The van der Waals surface area contributed by atoms with Gasteiger partial charge in [0.1, 0.15) is 13.2 Å². The second kappa shape index (κ2) is 63.6. The third kappa shape index (κ3) is 61.8. The molecular weight excluding hydrogens is 925 g/mol. The summed E-state index contributed by atoms with van der Waals surface area (Å²) in [6.07, 6.45) is 81.6. The van der Waals surface area contributed by atoms with Gasteiger partial charge in [0.25, 0.3) is 0 Å². The van der Waals surface area contributed by atoms with E-state index in [1.165, 1.54) is 212 Å². The van der Waals surface area contributed by atoms with Crippen LogP contribution < -0.4 is 0 Å². The van der Waals surface area contributed by atoms with Gasteiger partial charge in [0.2, 0.25) is 0 Å². The molecule has 0 N–H and O–H groups in total. The Bertz CT molecular complexity index is 1340. The molecule has 6 nitrogen and oxygen atoms in total. The lowest BCUT2D eigenvalue weighted by Crippen LogP contribution is -2.30. The first-order valence-electron chi connectivity index (χ1n) is 32.8. The van der Waals surface area contributed by atoms with Crippen molar-refractivity contribution in [2.75, 3.05) is 13.2 Å². The maximum atomic E-state index is 12.8. The van der Waals surface area contributed by atoms with Crippen LogP contribution in [-0.4, -0.2) is 37.2 Å². The summed E-state index contributed by atoms with van der Waals surface area (Å²) in [6, 6.07) is 0. The van der Waals surface area contributed by atoms with Crippen LogP contribution in [0.1, 0.15) is 342 Å². The summed E-state index contributed by atoms with van der Waals surface area (Å²) in [5.41, 5.74) is 0. The molecule has 1 unspecified atom stereocenters. The van der Waals surface area contributed by atoms with E-state index in [1.54, 1.807) is 0 Å². The lowest BCUT2D eigenvalue weighted by atomic mass is 10.0. The molecule has 436 valence electrons. The molecule has 6 heteroatoms. The Balaban J connectivity index is 3.88. The van der Waals surface area contributed by atoms with Gasteiger partial charge in [-0.3, -0.25) is 14.4 Å². The molecule has 0 aliphatic rings. The topological polar surface area (TPSA) is 78.9 Å². The van der Waals surface area contributed by atoms with E-state index in [4.69, 9.17) is 14.2 Å². The van der Waals surface area contributed by atoms with Gasteiger partial charge in [-0.15, -0.1) is 0 Å². The van der Waals surface area contributed by atoms with Crippen LogP contribution in [0.25, 0.3) is 0 Å². The number of unbranched alkanes of at least 4 members (excludes halogenated alkanes) is 39. The zero-order chi connectivity index (χ0) is 54.3. The molecular formula is C69H124O6. The Morgan fingerprint density at radius 3 is 0.827 bits per heavy atom. The van der Waals surface area contributed by atoms with Crippen LogP contribution in [0.5, 0.6) is 0 Å². The van der Waals surface area contributed by atoms with Gasteiger partial charge < -0.3 is 14.2 Å². The SMILES string of the molecule is CC/C=C\C/C=C\C/C=C\C/C=C\CCCCCCCCCCCCCCCCCCCCCCCCC(=O)OCC(COC(=O)CCCCCCC)OC(=O)CCCCCCCCC/C=C\CCCCCCCC. The van der Waals surface area contributed by atoms with E-state index in [9.17, 15) is 14.4 Å². The molecule has 0 bridgehead atoms. The van der Waals surface area contributed by atoms with Crippen molar-refractivity contribution in [3.63, 3.8) is 0 Å². The highest BCUT2D eigenvalue weighted by Gasteiger charge is 2.19. The first-order valence-corrected chi connectivity index (χ1v) is 32.8. The van der Waals surface area contributed by atoms with E-state index >= 15 is 0 Å². The van der Waals surface area contributed by atoms with Gasteiger partial charge in [0.15, 0.2) is 6.10 Å². The van der Waals surface area contributed by atoms with Crippen molar-refractivity contribution in [3.8, 4) is 0 Å². The van der Waals surface area contributed by atoms with Crippen LogP contribution >= 0.6 is 0 Å². The number of rotatable bonds is 60. The average molecular weight is 1050 g/mol. The smallest absolute Gasteiger partial charge is 0.306 e. The highest BCUT2D eigenvalue weighted by molar-refractivity contribution is 5.71. The number of ether oxygens (including phenoxy) is 3. The molecule has 0 aromatic carbocycles. The Morgan fingerprint density at radius 2 is 0.520 bits per heavy atom. The van der Waals surface area contributed by atoms with Crippen LogP contribution in [0.3, 0.4) is 0 Å². The summed E-state index contributed by atoms with van der Waals surface area (Å²) in [7, 11) is 0. The van der Waals surface area contributed by atoms with Gasteiger partial charge in [-0.1, -0.05) is 300 Å². The molecule has 0 saturated carbocycles. The third-order valence-corrected chi connectivity index (χ3v) is 14.5. The first-order chi connectivity index (χ1) is 37.0. The molecule has 0 fully saturated rings. The maximum Gasteiger partial charge on any atom is 0.306 e. The van der Waals surface area contributed by atoms with E-state index in [1.807, 2.05) is 0 Å².